The van der Waals surface area contributed by atoms with Gasteiger partial charge in [0, 0.05) is 37.5 Å². The quantitative estimate of drug-likeness (QED) is 0.754. The van der Waals surface area contributed by atoms with E-state index in [-0.39, 0.29) is 6.10 Å². The van der Waals surface area contributed by atoms with E-state index < -0.39 is 0 Å². The van der Waals surface area contributed by atoms with Crippen LogP contribution >= 0.6 is 15.9 Å². The van der Waals surface area contributed by atoms with E-state index in [2.05, 4.69) is 21.2 Å². The van der Waals surface area contributed by atoms with Gasteiger partial charge in [-0.2, -0.15) is 0 Å². The Labute approximate surface area is 111 Å². The number of ether oxygens (including phenoxy) is 2. The predicted molar refractivity (Wildman–Crippen MR) is 72.9 cm³/mol. The molecule has 3 N–H and O–H groups in total. The molecule has 0 radical (unpaired) electrons. The summed E-state index contributed by atoms with van der Waals surface area (Å²) in [6.45, 7) is 2.09. The van der Waals surface area contributed by atoms with Crippen LogP contribution in [0, 0.1) is 0 Å². The zero-order valence-corrected chi connectivity index (χ0v) is 11.8. The second kappa shape index (κ2) is 7.66. The Balaban J connectivity index is 2.39. The van der Waals surface area contributed by atoms with Crippen molar-refractivity contribution in [2.45, 2.75) is 12.6 Å². The molecule has 1 rings (SSSR count). The molecule has 0 heterocycles. The van der Waals surface area contributed by atoms with E-state index in [4.69, 9.17) is 15.2 Å². The summed E-state index contributed by atoms with van der Waals surface area (Å²) in [5.41, 5.74) is 7.67. The lowest BCUT2D eigenvalue weighted by molar-refractivity contribution is 0.0288. The van der Waals surface area contributed by atoms with Crippen molar-refractivity contribution in [3.63, 3.8) is 0 Å². The van der Waals surface area contributed by atoms with Crippen LogP contribution in [0.3, 0.4) is 0 Å². The maximum Gasteiger partial charge on any atom is 0.0928 e. The van der Waals surface area contributed by atoms with Gasteiger partial charge in [0.15, 0.2) is 0 Å². The lowest BCUT2D eigenvalue weighted by Crippen LogP contribution is -2.31. The molecular formula is C12H19BrN2O2. The van der Waals surface area contributed by atoms with Crippen molar-refractivity contribution in [3.05, 3.63) is 28.2 Å². The molecule has 4 nitrogen and oxygen atoms in total. The number of nitrogens with two attached hydrogens (primary N) is 1. The highest BCUT2D eigenvalue weighted by Gasteiger charge is 2.06. The minimum absolute atomic E-state index is 0.0736. The summed E-state index contributed by atoms with van der Waals surface area (Å²) in [5.74, 6) is 0. The molecule has 0 aliphatic carbocycles. The van der Waals surface area contributed by atoms with Crippen LogP contribution < -0.4 is 11.1 Å². The van der Waals surface area contributed by atoms with E-state index in [0.29, 0.717) is 6.61 Å². The molecule has 1 aromatic carbocycles. The number of nitrogens with one attached hydrogen (secondary N) is 1. The number of hydrogen-bond donors (Lipinski definition) is 2. The molecule has 5 heteroatoms. The lowest BCUT2D eigenvalue weighted by atomic mass is 10.2. The molecule has 0 aliphatic rings. The SMILES string of the molecule is COCC(CNCc1cc(N)cc(Br)c1)OC. The number of hydrogen-bond acceptors (Lipinski definition) is 4. The summed E-state index contributed by atoms with van der Waals surface area (Å²) >= 11 is 3.42. The first kappa shape index (κ1) is 14.4. The molecule has 0 aliphatic heterocycles. The normalized spacial score (nSPS) is 12.6. The maximum atomic E-state index is 5.76. The van der Waals surface area contributed by atoms with E-state index in [9.17, 15) is 0 Å². The van der Waals surface area contributed by atoms with Crippen LogP contribution in [0.5, 0.6) is 0 Å². The van der Waals surface area contributed by atoms with Crippen molar-refractivity contribution in [1.29, 1.82) is 0 Å². The molecule has 0 saturated heterocycles. The minimum atomic E-state index is 0.0736. The molecule has 0 spiro atoms. The van der Waals surface area contributed by atoms with Crippen LogP contribution in [-0.2, 0) is 16.0 Å². The third-order valence-corrected chi connectivity index (χ3v) is 2.82. The van der Waals surface area contributed by atoms with Crippen molar-refractivity contribution >= 4 is 21.6 Å². The first-order valence-corrected chi connectivity index (χ1v) is 6.22. The summed E-state index contributed by atoms with van der Waals surface area (Å²) in [4.78, 5) is 0. The number of methoxy groups -OCH3 is 2. The Kier molecular flexibility index (Phi) is 6.50. The van der Waals surface area contributed by atoms with Gasteiger partial charge < -0.3 is 20.5 Å². The maximum absolute atomic E-state index is 5.76. The summed E-state index contributed by atoms with van der Waals surface area (Å²) in [6.07, 6.45) is 0.0736. The monoisotopic (exact) mass is 302 g/mol. The van der Waals surface area contributed by atoms with E-state index >= 15 is 0 Å². The minimum Gasteiger partial charge on any atom is -0.399 e. The Morgan fingerprint density at radius 3 is 2.71 bits per heavy atom. The fourth-order valence-corrected chi connectivity index (χ4v) is 2.11. The van der Waals surface area contributed by atoms with Crippen LogP contribution in [0.25, 0.3) is 0 Å². The second-order valence-corrected chi connectivity index (χ2v) is 4.75. The second-order valence-electron chi connectivity index (χ2n) is 3.84. The molecule has 1 atom stereocenters. The van der Waals surface area contributed by atoms with Gasteiger partial charge >= 0.3 is 0 Å². The molecular weight excluding hydrogens is 284 g/mol. The largest absolute Gasteiger partial charge is 0.399 e. The molecule has 96 valence electrons. The zero-order chi connectivity index (χ0) is 12.7. The van der Waals surface area contributed by atoms with Gasteiger partial charge in [0.2, 0.25) is 0 Å². The van der Waals surface area contributed by atoms with E-state index in [1.807, 2.05) is 18.2 Å². The van der Waals surface area contributed by atoms with E-state index in [1.165, 1.54) is 0 Å². The summed E-state index contributed by atoms with van der Waals surface area (Å²) in [6, 6.07) is 5.88. The van der Waals surface area contributed by atoms with Crippen molar-refractivity contribution in [2.75, 3.05) is 33.1 Å². The molecule has 0 amide bonds. The standard InChI is InChI=1S/C12H19BrN2O2/c1-16-8-12(17-2)7-15-6-9-3-10(13)5-11(14)4-9/h3-5,12,15H,6-8,14H2,1-2H3. The molecule has 0 bridgehead atoms. The van der Waals surface area contributed by atoms with Gasteiger partial charge in [-0.25, -0.2) is 0 Å². The topological polar surface area (TPSA) is 56.5 Å². The Bertz CT molecular complexity index is 327. The molecule has 1 unspecified atom stereocenters. The van der Waals surface area contributed by atoms with Crippen LogP contribution in [0.15, 0.2) is 22.7 Å². The number of halogens is 1. The number of nitrogen functional groups attached to an aromatic ring is 1. The van der Waals surface area contributed by atoms with Gasteiger partial charge in [0.05, 0.1) is 12.7 Å². The predicted octanol–water partition coefficient (Wildman–Crippen LogP) is 1.78. The Morgan fingerprint density at radius 2 is 2.12 bits per heavy atom. The van der Waals surface area contributed by atoms with Gasteiger partial charge in [0.1, 0.15) is 0 Å². The van der Waals surface area contributed by atoms with Crippen LogP contribution in [-0.4, -0.2) is 33.5 Å². The van der Waals surface area contributed by atoms with E-state index in [1.54, 1.807) is 14.2 Å². The molecule has 0 aromatic heterocycles. The van der Waals surface area contributed by atoms with Crippen LogP contribution in [0.2, 0.25) is 0 Å². The summed E-state index contributed by atoms with van der Waals surface area (Å²) in [7, 11) is 3.35. The van der Waals surface area contributed by atoms with Crippen LogP contribution in [0.4, 0.5) is 5.69 Å². The van der Waals surface area contributed by atoms with E-state index in [0.717, 1.165) is 28.8 Å². The average Bonchev–Trinajstić information content (AvgIpc) is 2.26. The number of rotatable bonds is 7. The van der Waals surface area contributed by atoms with Crippen molar-refractivity contribution in [1.82, 2.24) is 5.32 Å². The van der Waals surface area contributed by atoms with Gasteiger partial charge in [-0.1, -0.05) is 15.9 Å². The van der Waals surface area contributed by atoms with Crippen molar-refractivity contribution in [3.8, 4) is 0 Å². The lowest BCUT2D eigenvalue weighted by Gasteiger charge is -2.15. The van der Waals surface area contributed by atoms with Crippen molar-refractivity contribution < 1.29 is 9.47 Å². The van der Waals surface area contributed by atoms with Gasteiger partial charge in [-0.15, -0.1) is 0 Å². The van der Waals surface area contributed by atoms with Gasteiger partial charge in [-0.3, -0.25) is 0 Å². The molecule has 17 heavy (non-hydrogen) atoms. The first-order valence-electron chi connectivity index (χ1n) is 5.43. The third kappa shape index (κ3) is 5.50. The fourth-order valence-electron chi connectivity index (χ4n) is 1.55. The number of anilines is 1. The zero-order valence-electron chi connectivity index (χ0n) is 10.2. The first-order chi connectivity index (χ1) is 8.15. The average molecular weight is 303 g/mol. The molecule has 1 aromatic rings. The smallest absolute Gasteiger partial charge is 0.0928 e. The molecule has 0 saturated carbocycles. The summed E-state index contributed by atoms with van der Waals surface area (Å²) < 4.78 is 11.3. The Morgan fingerprint density at radius 1 is 1.35 bits per heavy atom. The van der Waals surface area contributed by atoms with Crippen LogP contribution in [0.1, 0.15) is 5.56 Å². The van der Waals surface area contributed by atoms with Gasteiger partial charge in [-0.05, 0) is 23.8 Å². The highest BCUT2D eigenvalue weighted by atomic mass is 79.9. The third-order valence-electron chi connectivity index (χ3n) is 2.37. The highest BCUT2D eigenvalue weighted by Crippen LogP contribution is 2.17. The van der Waals surface area contributed by atoms with Crippen molar-refractivity contribution in [2.24, 2.45) is 0 Å². The fraction of sp³-hybridized carbons (Fsp3) is 0.500. The number of benzene rings is 1. The Hall–Kier alpha value is -0.620. The molecule has 0 fully saturated rings. The van der Waals surface area contributed by atoms with Gasteiger partial charge in [0.25, 0.3) is 0 Å². The highest BCUT2D eigenvalue weighted by molar-refractivity contribution is 9.10. The summed E-state index contributed by atoms with van der Waals surface area (Å²) in [5, 5.41) is 3.31.